The van der Waals surface area contributed by atoms with Crippen LogP contribution in [0.25, 0.3) is 11.1 Å². The third-order valence-electron chi connectivity index (χ3n) is 12.5. The van der Waals surface area contributed by atoms with Gasteiger partial charge in [0.25, 0.3) is 11.8 Å². The lowest BCUT2D eigenvalue weighted by atomic mass is 9.80. The highest BCUT2D eigenvalue weighted by Gasteiger charge is 2.57. The smallest absolute Gasteiger partial charge is 0.315 e. The molecule has 2 aliphatic heterocycles. The summed E-state index contributed by atoms with van der Waals surface area (Å²) in [4.78, 5) is 63.9. The molecule has 4 aliphatic rings. The highest BCUT2D eigenvalue weighted by molar-refractivity contribution is 6.40. The van der Waals surface area contributed by atoms with Crippen molar-refractivity contribution < 1.29 is 24.3 Å². The van der Waals surface area contributed by atoms with Crippen LogP contribution in [-0.4, -0.2) is 77.5 Å². The van der Waals surface area contributed by atoms with Gasteiger partial charge in [-0.1, -0.05) is 47.5 Å². The molecule has 0 atom stereocenters. The minimum absolute atomic E-state index is 0.124. The van der Waals surface area contributed by atoms with Crippen molar-refractivity contribution in [3.63, 3.8) is 0 Å². The molecule has 2 saturated carbocycles. The summed E-state index contributed by atoms with van der Waals surface area (Å²) < 4.78 is 3.57. The van der Waals surface area contributed by atoms with Crippen molar-refractivity contribution in [2.45, 2.75) is 64.5 Å². The normalized spacial score (nSPS) is 21.6. The van der Waals surface area contributed by atoms with Gasteiger partial charge in [-0.3, -0.25) is 19.3 Å². The Labute approximate surface area is 328 Å². The summed E-state index contributed by atoms with van der Waals surface area (Å²) in [5.74, 6) is -1.04. The SMILES string of the molecule is Cn1c(C(=O)Nc2cccc(-c3cccc(NC(=O)c4nc5c(n4C)CCN(C(N)=O)C5)c3Cl)c2Cl)nc2c1CCN(CCC13CCC(C(=O)O)(CC1)C3)C2. The molecule has 288 valence electrons. The number of hydrogen-bond donors (Lipinski definition) is 4. The van der Waals surface area contributed by atoms with Crippen LogP contribution in [0.2, 0.25) is 10.0 Å². The first kappa shape index (κ1) is 37.0. The zero-order valence-electron chi connectivity index (χ0n) is 30.8. The van der Waals surface area contributed by atoms with Gasteiger partial charge < -0.3 is 35.5 Å². The monoisotopic (exact) mass is 787 g/mol. The lowest BCUT2D eigenvalue weighted by Crippen LogP contribution is -2.39. The first-order chi connectivity index (χ1) is 26.3. The molecule has 16 heteroatoms. The quantitative estimate of drug-likeness (QED) is 0.163. The van der Waals surface area contributed by atoms with Crippen molar-refractivity contribution in [3.05, 3.63) is 80.9 Å². The summed E-state index contributed by atoms with van der Waals surface area (Å²) in [5.41, 5.74) is 10.3. The van der Waals surface area contributed by atoms with Crippen LogP contribution in [0, 0.1) is 10.8 Å². The van der Waals surface area contributed by atoms with E-state index in [2.05, 4.69) is 20.5 Å². The van der Waals surface area contributed by atoms with Crippen molar-refractivity contribution in [2.24, 2.45) is 30.7 Å². The Morgan fingerprint density at radius 3 is 1.84 bits per heavy atom. The molecule has 55 heavy (non-hydrogen) atoms. The van der Waals surface area contributed by atoms with Crippen molar-refractivity contribution in [3.8, 4) is 11.1 Å². The molecule has 2 bridgehead atoms. The first-order valence-electron chi connectivity index (χ1n) is 18.6. The van der Waals surface area contributed by atoms with Gasteiger partial charge in [0, 0.05) is 69.1 Å². The minimum Gasteiger partial charge on any atom is -0.481 e. The summed E-state index contributed by atoms with van der Waals surface area (Å²) in [6, 6.07) is 9.93. The number of aliphatic carboxylic acids is 1. The minimum atomic E-state index is -0.636. The Balaban J connectivity index is 0.946. The van der Waals surface area contributed by atoms with Crippen LogP contribution in [0.1, 0.15) is 82.5 Å². The van der Waals surface area contributed by atoms with Gasteiger partial charge in [-0.15, -0.1) is 0 Å². The van der Waals surface area contributed by atoms with E-state index in [1.54, 1.807) is 48.0 Å². The number of hydrogen-bond acceptors (Lipinski definition) is 7. The van der Waals surface area contributed by atoms with Gasteiger partial charge >= 0.3 is 12.0 Å². The van der Waals surface area contributed by atoms with Gasteiger partial charge in [0.05, 0.1) is 44.8 Å². The van der Waals surface area contributed by atoms with E-state index in [4.69, 9.17) is 33.9 Å². The molecule has 14 nitrogen and oxygen atoms in total. The number of carbonyl (C=O) groups excluding carboxylic acids is 3. The second-order valence-corrected chi connectivity index (χ2v) is 16.3. The fourth-order valence-electron chi connectivity index (χ4n) is 9.28. The third kappa shape index (κ3) is 6.53. The number of carboxylic acids is 1. The summed E-state index contributed by atoms with van der Waals surface area (Å²) in [6.45, 7) is 3.04. The molecule has 5 N–H and O–H groups in total. The number of nitrogens with one attached hydrogen (secondary N) is 2. The molecular weight excluding hydrogens is 745 g/mol. The highest BCUT2D eigenvalue weighted by Crippen LogP contribution is 2.63. The maximum atomic E-state index is 13.7. The van der Waals surface area contributed by atoms with Crippen LogP contribution in [0.5, 0.6) is 0 Å². The summed E-state index contributed by atoms with van der Waals surface area (Å²) >= 11 is 13.8. The fourth-order valence-corrected chi connectivity index (χ4v) is 9.83. The lowest BCUT2D eigenvalue weighted by Gasteiger charge is -2.32. The van der Waals surface area contributed by atoms with Crippen molar-refractivity contribution in [2.75, 3.05) is 30.3 Å². The van der Waals surface area contributed by atoms with E-state index in [0.717, 1.165) is 75.1 Å². The van der Waals surface area contributed by atoms with Crippen molar-refractivity contribution in [1.82, 2.24) is 28.9 Å². The topological polar surface area (TPSA) is 181 Å². The summed E-state index contributed by atoms with van der Waals surface area (Å²) in [6.07, 6.45) is 6.59. The number of carboxylic acid groups (broad SMARTS) is 1. The molecule has 0 saturated heterocycles. The maximum Gasteiger partial charge on any atom is 0.315 e. The molecule has 4 heterocycles. The molecule has 0 spiro atoms. The molecule has 0 unspecified atom stereocenters. The number of nitrogens with two attached hydrogens (primary N) is 1. The number of aromatic nitrogens is 4. The number of carbonyl (C=O) groups is 4. The first-order valence-corrected chi connectivity index (χ1v) is 19.3. The number of urea groups is 1. The number of fused-ring (bicyclic) bond motifs is 4. The largest absolute Gasteiger partial charge is 0.481 e. The van der Waals surface area contributed by atoms with Crippen LogP contribution in [0.15, 0.2) is 36.4 Å². The van der Waals surface area contributed by atoms with Crippen LogP contribution < -0.4 is 16.4 Å². The number of benzene rings is 2. The molecule has 2 fully saturated rings. The Hall–Kier alpha value is -4.92. The van der Waals surface area contributed by atoms with Crippen LogP contribution >= 0.6 is 23.2 Å². The zero-order valence-corrected chi connectivity index (χ0v) is 32.3. The van der Waals surface area contributed by atoms with Gasteiger partial charge in [0.1, 0.15) is 0 Å². The van der Waals surface area contributed by atoms with E-state index in [-0.39, 0.29) is 33.7 Å². The number of imidazole rings is 2. The van der Waals surface area contributed by atoms with E-state index in [9.17, 15) is 24.3 Å². The van der Waals surface area contributed by atoms with Crippen LogP contribution in [-0.2, 0) is 44.8 Å². The average molecular weight is 789 g/mol. The predicted octanol–water partition coefficient (Wildman–Crippen LogP) is 5.85. The Morgan fingerprint density at radius 1 is 0.800 bits per heavy atom. The average Bonchev–Trinajstić information content (AvgIpc) is 3.92. The van der Waals surface area contributed by atoms with Crippen molar-refractivity contribution >= 4 is 58.4 Å². The van der Waals surface area contributed by atoms with Gasteiger partial charge in [-0.2, -0.15) is 0 Å². The molecule has 0 radical (unpaired) electrons. The standard InChI is InChI=1S/C39H43Cl2N9O5/c1-47-28-9-16-49(18-15-38-11-13-39(21-38,14-12-38)36(53)54)19-26(28)43-32(47)34(51)45-24-7-3-5-22(30(24)40)23-6-4-8-25(31(23)41)46-35(52)33-44-27-20-50(37(42)55)17-10-29(27)48(33)2/h3-8H,9-21H2,1-2H3,(H2,42,55)(H,45,51)(H,46,52)(H,53,54). The fraction of sp³-hybridized carbons (Fsp3) is 0.436. The molecule has 4 amide bonds. The van der Waals surface area contributed by atoms with Crippen LogP contribution in [0.4, 0.5) is 16.2 Å². The van der Waals surface area contributed by atoms with Gasteiger partial charge in [0.2, 0.25) is 0 Å². The molecule has 4 aromatic rings. The van der Waals surface area contributed by atoms with Gasteiger partial charge in [-0.05, 0) is 62.6 Å². The van der Waals surface area contributed by atoms with Gasteiger partial charge in [0.15, 0.2) is 11.6 Å². The number of halogens is 2. The number of primary amides is 1. The van der Waals surface area contributed by atoms with E-state index in [1.165, 1.54) is 4.90 Å². The second kappa shape index (κ2) is 14.0. The predicted molar refractivity (Wildman–Crippen MR) is 207 cm³/mol. The van der Waals surface area contributed by atoms with Crippen molar-refractivity contribution in [1.29, 1.82) is 0 Å². The van der Waals surface area contributed by atoms with E-state index < -0.39 is 29.2 Å². The number of nitrogens with zero attached hydrogens (tertiary/aromatic N) is 6. The lowest BCUT2D eigenvalue weighted by molar-refractivity contribution is -0.148. The Kier molecular flexibility index (Phi) is 9.41. The Morgan fingerprint density at radius 2 is 1.33 bits per heavy atom. The zero-order chi connectivity index (χ0) is 38.8. The number of anilines is 2. The van der Waals surface area contributed by atoms with E-state index >= 15 is 0 Å². The van der Waals surface area contributed by atoms with E-state index in [1.807, 2.05) is 11.6 Å². The molecular formula is C39H43Cl2N9O5. The molecule has 8 rings (SSSR count). The highest BCUT2D eigenvalue weighted by atomic mass is 35.5. The van der Waals surface area contributed by atoms with Crippen LogP contribution in [0.3, 0.4) is 0 Å². The summed E-state index contributed by atoms with van der Waals surface area (Å²) in [7, 11) is 3.61. The number of amides is 4. The Bertz CT molecular complexity index is 2260. The summed E-state index contributed by atoms with van der Waals surface area (Å²) in [5, 5.41) is 16.1. The molecule has 2 aliphatic carbocycles. The third-order valence-corrected chi connectivity index (χ3v) is 13.3. The van der Waals surface area contributed by atoms with E-state index in [0.29, 0.717) is 47.7 Å². The maximum absolute atomic E-state index is 13.7. The molecule has 2 aromatic carbocycles. The number of rotatable bonds is 9. The second-order valence-electron chi connectivity index (χ2n) is 15.6. The van der Waals surface area contributed by atoms with Gasteiger partial charge in [-0.25, -0.2) is 14.8 Å². The molecule has 2 aromatic heterocycles.